The van der Waals surface area contributed by atoms with E-state index in [-0.39, 0.29) is 10.9 Å². The molecule has 8 heteroatoms. The van der Waals surface area contributed by atoms with E-state index in [1.165, 1.54) is 13.3 Å². The highest BCUT2D eigenvalue weighted by Gasteiger charge is 2.22. The number of hydrogen-bond donors (Lipinski definition) is 1. The number of anilines is 1. The first-order valence-corrected chi connectivity index (χ1v) is 8.77. The minimum Gasteiger partial charge on any atom is -0.495 e. The number of benzene rings is 1. The molecule has 1 N–H and O–H groups in total. The molecule has 0 saturated carbocycles. The second-order valence-corrected chi connectivity index (χ2v) is 7.14. The summed E-state index contributed by atoms with van der Waals surface area (Å²) in [7, 11) is -2.30. The number of nitrogens with zero attached hydrogens (tertiary/aromatic N) is 2. The van der Waals surface area contributed by atoms with Gasteiger partial charge in [0.15, 0.2) is 0 Å². The molecule has 7 nitrogen and oxygen atoms in total. The van der Waals surface area contributed by atoms with E-state index in [0.29, 0.717) is 24.7 Å². The summed E-state index contributed by atoms with van der Waals surface area (Å²) in [4.78, 5) is 0.108. The minimum atomic E-state index is -3.75. The predicted octanol–water partition coefficient (Wildman–Crippen LogP) is 1.96. The molecule has 2 aromatic rings. The van der Waals surface area contributed by atoms with Crippen LogP contribution in [0.4, 0.5) is 5.69 Å². The molecule has 1 aromatic heterocycles. The van der Waals surface area contributed by atoms with Crippen LogP contribution in [-0.2, 0) is 14.8 Å². The van der Waals surface area contributed by atoms with Gasteiger partial charge in [-0.05, 0) is 31.0 Å². The third-order valence-electron chi connectivity index (χ3n) is 3.74. The Balaban J connectivity index is 1.85. The summed E-state index contributed by atoms with van der Waals surface area (Å²) in [5.41, 5.74) is 1.26. The smallest absolute Gasteiger partial charge is 0.265 e. The van der Waals surface area contributed by atoms with Gasteiger partial charge in [0, 0.05) is 12.8 Å². The van der Waals surface area contributed by atoms with Crippen LogP contribution in [0.1, 0.15) is 18.0 Å². The fraction of sp³-hybridized carbons (Fsp3) is 0.400. The van der Waals surface area contributed by atoms with E-state index in [1.54, 1.807) is 29.1 Å². The van der Waals surface area contributed by atoms with Crippen LogP contribution < -0.4 is 9.46 Å². The first-order valence-electron chi connectivity index (χ1n) is 7.29. The summed E-state index contributed by atoms with van der Waals surface area (Å²) in [6, 6.07) is 5.18. The predicted molar refractivity (Wildman–Crippen MR) is 85.2 cm³/mol. The molecule has 124 valence electrons. The van der Waals surface area contributed by atoms with Crippen LogP contribution >= 0.6 is 0 Å². The highest BCUT2D eigenvalue weighted by Crippen LogP contribution is 2.27. The molecular formula is C15H19N3O4S. The molecule has 1 aromatic carbocycles. The van der Waals surface area contributed by atoms with Crippen LogP contribution in [0.25, 0.3) is 0 Å². The molecule has 3 rings (SSSR count). The van der Waals surface area contributed by atoms with Crippen LogP contribution in [0.3, 0.4) is 0 Å². The van der Waals surface area contributed by atoms with Gasteiger partial charge in [-0.25, -0.2) is 8.42 Å². The van der Waals surface area contributed by atoms with Gasteiger partial charge in [0.25, 0.3) is 10.0 Å². The Morgan fingerprint density at radius 2 is 2.26 bits per heavy atom. The molecular weight excluding hydrogens is 318 g/mol. The van der Waals surface area contributed by atoms with Gasteiger partial charge in [-0.15, -0.1) is 0 Å². The molecule has 1 saturated heterocycles. The Hall–Kier alpha value is -2.06. The Labute approximate surface area is 135 Å². The van der Waals surface area contributed by atoms with Crippen molar-refractivity contribution in [3.63, 3.8) is 0 Å². The lowest BCUT2D eigenvalue weighted by atomic mass is 10.2. The summed E-state index contributed by atoms with van der Waals surface area (Å²) in [5, 5.41) is 4.21. The van der Waals surface area contributed by atoms with Crippen molar-refractivity contribution in [3.05, 3.63) is 36.2 Å². The summed E-state index contributed by atoms with van der Waals surface area (Å²) >= 11 is 0. The lowest BCUT2D eigenvalue weighted by molar-refractivity contribution is 0.184. The first-order chi connectivity index (χ1) is 11.0. The molecule has 1 fully saturated rings. The first kappa shape index (κ1) is 15.8. The van der Waals surface area contributed by atoms with Crippen molar-refractivity contribution in [2.24, 2.45) is 0 Å². The van der Waals surface area contributed by atoms with Crippen LogP contribution in [0.5, 0.6) is 5.75 Å². The second kappa shape index (κ2) is 6.21. The summed E-state index contributed by atoms with van der Waals surface area (Å²) in [6.07, 6.45) is 4.05. The quantitative estimate of drug-likeness (QED) is 0.902. The van der Waals surface area contributed by atoms with Crippen LogP contribution in [-0.4, -0.2) is 38.5 Å². The molecule has 0 aliphatic carbocycles. The lowest BCUT2D eigenvalue weighted by Gasteiger charge is -2.11. The molecule has 0 bridgehead atoms. The summed E-state index contributed by atoms with van der Waals surface area (Å²) in [5.74, 6) is 0.305. The van der Waals surface area contributed by atoms with E-state index in [4.69, 9.17) is 9.47 Å². The molecule has 23 heavy (non-hydrogen) atoms. The third kappa shape index (κ3) is 3.32. The number of hydrogen-bond acceptors (Lipinski definition) is 5. The number of rotatable bonds is 5. The normalized spacial score (nSPS) is 18.1. The molecule has 0 spiro atoms. The maximum absolute atomic E-state index is 12.6. The molecule has 1 aliphatic rings. The monoisotopic (exact) mass is 337 g/mol. The van der Waals surface area contributed by atoms with Crippen molar-refractivity contribution in [3.8, 4) is 5.75 Å². The number of methoxy groups -OCH3 is 1. The maximum atomic E-state index is 12.6. The zero-order valence-electron chi connectivity index (χ0n) is 13.0. The molecule has 0 amide bonds. The molecule has 2 heterocycles. The van der Waals surface area contributed by atoms with Crippen LogP contribution in [0.15, 0.2) is 35.5 Å². The van der Waals surface area contributed by atoms with Crippen molar-refractivity contribution >= 4 is 15.7 Å². The average Bonchev–Trinajstić information content (AvgIpc) is 3.17. The van der Waals surface area contributed by atoms with Gasteiger partial charge >= 0.3 is 0 Å². The van der Waals surface area contributed by atoms with Gasteiger partial charge in [-0.1, -0.05) is 6.07 Å². The van der Waals surface area contributed by atoms with Crippen molar-refractivity contribution in [1.29, 1.82) is 0 Å². The Morgan fingerprint density at radius 1 is 1.43 bits per heavy atom. The van der Waals surface area contributed by atoms with Gasteiger partial charge in [0.1, 0.15) is 10.6 Å². The van der Waals surface area contributed by atoms with Crippen molar-refractivity contribution in [1.82, 2.24) is 9.78 Å². The van der Waals surface area contributed by atoms with Crippen LogP contribution in [0, 0.1) is 6.92 Å². The summed E-state index contributed by atoms with van der Waals surface area (Å²) in [6.45, 7) is 3.13. The van der Waals surface area contributed by atoms with Crippen LogP contribution in [0.2, 0.25) is 0 Å². The molecule has 1 atom stereocenters. The SMILES string of the molecule is COc1ccc(C)cc1S(=O)(=O)Nc1cnn([C@@H]2CCOC2)c1. The number of aryl methyl sites for hydroxylation is 1. The Bertz CT molecular complexity index is 795. The maximum Gasteiger partial charge on any atom is 0.265 e. The largest absolute Gasteiger partial charge is 0.495 e. The van der Waals surface area contributed by atoms with E-state index in [9.17, 15) is 8.42 Å². The highest BCUT2D eigenvalue weighted by molar-refractivity contribution is 7.92. The van der Waals surface area contributed by atoms with Gasteiger partial charge in [0.2, 0.25) is 0 Å². The fourth-order valence-corrected chi connectivity index (χ4v) is 3.81. The van der Waals surface area contributed by atoms with E-state index < -0.39 is 10.0 Å². The van der Waals surface area contributed by atoms with E-state index in [0.717, 1.165) is 12.0 Å². The van der Waals surface area contributed by atoms with Crippen molar-refractivity contribution in [2.75, 3.05) is 25.0 Å². The molecule has 1 aliphatic heterocycles. The van der Waals surface area contributed by atoms with E-state index in [2.05, 4.69) is 9.82 Å². The molecule has 0 radical (unpaired) electrons. The topological polar surface area (TPSA) is 82.5 Å². The molecule has 0 unspecified atom stereocenters. The minimum absolute atomic E-state index is 0.108. The number of nitrogens with one attached hydrogen (secondary N) is 1. The fourth-order valence-electron chi connectivity index (χ4n) is 2.53. The Morgan fingerprint density at radius 3 is 2.96 bits per heavy atom. The zero-order chi connectivity index (χ0) is 16.4. The van der Waals surface area contributed by atoms with Gasteiger partial charge < -0.3 is 9.47 Å². The number of sulfonamides is 1. The third-order valence-corrected chi connectivity index (χ3v) is 5.14. The average molecular weight is 337 g/mol. The van der Waals surface area contributed by atoms with Gasteiger partial charge in [-0.3, -0.25) is 9.40 Å². The van der Waals surface area contributed by atoms with Crippen molar-refractivity contribution in [2.45, 2.75) is 24.3 Å². The van der Waals surface area contributed by atoms with Gasteiger partial charge in [0.05, 0.1) is 31.6 Å². The number of aromatic nitrogens is 2. The highest BCUT2D eigenvalue weighted by atomic mass is 32.2. The lowest BCUT2D eigenvalue weighted by Crippen LogP contribution is -2.14. The summed E-state index contributed by atoms with van der Waals surface area (Å²) < 4.78 is 40.0. The van der Waals surface area contributed by atoms with E-state index >= 15 is 0 Å². The van der Waals surface area contributed by atoms with Crippen molar-refractivity contribution < 1.29 is 17.9 Å². The second-order valence-electron chi connectivity index (χ2n) is 5.49. The standard InChI is InChI=1S/C15H19N3O4S/c1-11-3-4-14(21-2)15(7-11)23(19,20)17-12-8-16-18(9-12)13-5-6-22-10-13/h3-4,7-9,13,17H,5-6,10H2,1-2H3/t13-/m1/s1. The van der Waals surface area contributed by atoms with E-state index in [1.807, 2.05) is 6.92 Å². The zero-order valence-corrected chi connectivity index (χ0v) is 13.8. The number of ether oxygens (including phenoxy) is 2. The Kier molecular flexibility index (Phi) is 4.27. The van der Waals surface area contributed by atoms with Gasteiger partial charge in [-0.2, -0.15) is 5.10 Å².